The number of nitrogens with zero attached hydrogens (tertiary/aromatic N) is 3. The maximum absolute atomic E-state index is 12.1. The number of amides is 2. The van der Waals surface area contributed by atoms with E-state index in [0.717, 1.165) is 13.0 Å². The van der Waals surface area contributed by atoms with Gasteiger partial charge in [-0.1, -0.05) is 0 Å². The summed E-state index contributed by atoms with van der Waals surface area (Å²) in [4.78, 5) is 29.1. The molecule has 0 saturated carbocycles. The summed E-state index contributed by atoms with van der Waals surface area (Å²) in [5.41, 5.74) is 0. The van der Waals surface area contributed by atoms with Crippen LogP contribution in [0.5, 0.6) is 0 Å². The molecule has 108 valence electrons. The fourth-order valence-corrected chi connectivity index (χ4v) is 2.71. The molecule has 2 atom stereocenters. The highest BCUT2D eigenvalue weighted by Crippen LogP contribution is 2.18. The predicted molar refractivity (Wildman–Crippen MR) is 69.7 cm³/mol. The number of aromatic nitrogens is 2. The molecule has 0 aromatic carbocycles. The minimum Gasteiger partial charge on any atom is -0.364 e. The molecular formula is C13H18N4O3. The van der Waals surface area contributed by atoms with Crippen LogP contribution in [0.1, 0.15) is 12.8 Å². The summed E-state index contributed by atoms with van der Waals surface area (Å²) in [7, 11) is 0. The third-order valence-corrected chi connectivity index (χ3v) is 3.76. The number of rotatable bonds is 4. The van der Waals surface area contributed by atoms with Crippen LogP contribution in [-0.2, 0) is 20.9 Å². The predicted octanol–water partition coefficient (Wildman–Crippen LogP) is -0.611. The summed E-state index contributed by atoms with van der Waals surface area (Å²) >= 11 is 0. The lowest BCUT2D eigenvalue weighted by Crippen LogP contribution is -2.50. The van der Waals surface area contributed by atoms with Gasteiger partial charge in [-0.3, -0.25) is 9.59 Å². The number of imidazole rings is 1. The number of hydrogen-bond donors (Lipinski definition) is 1. The first kappa shape index (κ1) is 13.1. The number of aryl methyl sites for hydroxylation is 1. The average Bonchev–Trinajstić information content (AvgIpc) is 3.06. The zero-order valence-corrected chi connectivity index (χ0v) is 11.2. The van der Waals surface area contributed by atoms with Gasteiger partial charge in [0.15, 0.2) is 0 Å². The van der Waals surface area contributed by atoms with Crippen LogP contribution in [0.3, 0.4) is 0 Å². The van der Waals surface area contributed by atoms with Gasteiger partial charge in [0, 0.05) is 38.4 Å². The van der Waals surface area contributed by atoms with E-state index in [4.69, 9.17) is 4.74 Å². The number of carbonyl (C=O) groups excluding carboxylic acids is 2. The molecule has 3 rings (SSSR count). The Balaban J connectivity index is 1.45. The van der Waals surface area contributed by atoms with E-state index < -0.39 is 0 Å². The van der Waals surface area contributed by atoms with Gasteiger partial charge in [-0.15, -0.1) is 0 Å². The van der Waals surface area contributed by atoms with E-state index in [0.29, 0.717) is 19.5 Å². The van der Waals surface area contributed by atoms with Crippen molar-refractivity contribution in [2.24, 2.45) is 0 Å². The largest absolute Gasteiger partial charge is 0.364 e. The van der Waals surface area contributed by atoms with Gasteiger partial charge in [-0.2, -0.15) is 0 Å². The quantitative estimate of drug-likeness (QED) is 0.797. The molecule has 2 saturated heterocycles. The number of fused-ring (bicyclic) bond motifs is 1. The van der Waals surface area contributed by atoms with Crippen molar-refractivity contribution in [1.82, 2.24) is 19.8 Å². The van der Waals surface area contributed by atoms with Gasteiger partial charge in [0.1, 0.15) is 6.61 Å². The standard InChI is InChI=1S/C13H18N4O3/c18-12-8-20-11-7-17(6-10(11)15-12)13(19)2-1-4-16-5-3-14-9-16/h3,5,9-11H,1-2,4,6-8H2,(H,15,18)/t10-,11-/m0/s1. The number of morpholine rings is 1. The van der Waals surface area contributed by atoms with Crippen LogP contribution < -0.4 is 5.32 Å². The lowest BCUT2D eigenvalue weighted by Gasteiger charge is -2.24. The van der Waals surface area contributed by atoms with E-state index in [9.17, 15) is 9.59 Å². The first-order valence-electron chi connectivity index (χ1n) is 6.87. The maximum atomic E-state index is 12.1. The molecule has 0 bridgehead atoms. The molecule has 0 radical (unpaired) electrons. The van der Waals surface area contributed by atoms with Crippen LogP contribution in [0, 0.1) is 0 Å². The monoisotopic (exact) mass is 278 g/mol. The van der Waals surface area contributed by atoms with Crippen molar-refractivity contribution in [1.29, 1.82) is 0 Å². The molecule has 0 spiro atoms. The highest BCUT2D eigenvalue weighted by atomic mass is 16.5. The zero-order chi connectivity index (χ0) is 13.9. The van der Waals surface area contributed by atoms with E-state index in [1.165, 1.54) is 0 Å². The summed E-state index contributed by atoms with van der Waals surface area (Å²) in [6, 6.07) is -0.0474. The van der Waals surface area contributed by atoms with E-state index >= 15 is 0 Å². The number of likely N-dealkylation sites (tertiary alicyclic amines) is 1. The molecule has 0 aliphatic carbocycles. The first-order valence-corrected chi connectivity index (χ1v) is 6.87. The van der Waals surface area contributed by atoms with Gasteiger partial charge in [0.05, 0.1) is 18.5 Å². The molecule has 7 heteroatoms. The molecule has 7 nitrogen and oxygen atoms in total. The molecular weight excluding hydrogens is 260 g/mol. The number of ether oxygens (including phenoxy) is 1. The Hall–Kier alpha value is -1.89. The Bertz CT molecular complexity index is 488. The van der Waals surface area contributed by atoms with Crippen LogP contribution in [0.15, 0.2) is 18.7 Å². The van der Waals surface area contributed by atoms with Crippen molar-refractivity contribution in [3.05, 3.63) is 18.7 Å². The summed E-state index contributed by atoms with van der Waals surface area (Å²) < 4.78 is 7.40. The Morgan fingerprint density at radius 3 is 3.20 bits per heavy atom. The highest BCUT2D eigenvalue weighted by molar-refractivity contribution is 5.80. The Labute approximate surface area is 116 Å². The van der Waals surface area contributed by atoms with Crippen LogP contribution in [0.25, 0.3) is 0 Å². The molecule has 2 fully saturated rings. The first-order chi connectivity index (χ1) is 9.72. The molecule has 2 amide bonds. The lowest BCUT2D eigenvalue weighted by atomic mass is 10.2. The van der Waals surface area contributed by atoms with E-state index in [1.807, 2.05) is 10.8 Å². The molecule has 3 heterocycles. The summed E-state index contributed by atoms with van der Waals surface area (Å²) in [6.07, 6.45) is 6.61. The van der Waals surface area contributed by atoms with Gasteiger partial charge in [0.2, 0.25) is 11.8 Å². The Morgan fingerprint density at radius 2 is 2.40 bits per heavy atom. The summed E-state index contributed by atoms with van der Waals surface area (Å²) in [5.74, 6) is 0.0259. The fourth-order valence-electron chi connectivity index (χ4n) is 2.71. The zero-order valence-electron chi connectivity index (χ0n) is 11.2. The maximum Gasteiger partial charge on any atom is 0.246 e. The molecule has 1 aromatic heterocycles. The lowest BCUT2D eigenvalue weighted by molar-refractivity contribution is -0.134. The topological polar surface area (TPSA) is 76.5 Å². The van der Waals surface area contributed by atoms with Gasteiger partial charge < -0.3 is 19.5 Å². The second-order valence-corrected chi connectivity index (χ2v) is 5.23. The molecule has 1 aromatic rings. The van der Waals surface area contributed by atoms with Crippen molar-refractivity contribution >= 4 is 11.8 Å². The van der Waals surface area contributed by atoms with Crippen molar-refractivity contribution in [3.8, 4) is 0 Å². The van der Waals surface area contributed by atoms with Gasteiger partial charge in [-0.05, 0) is 6.42 Å². The molecule has 20 heavy (non-hydrogen) atoms. The molecule has 2 aliphatic rings. The number of hydrogen-bond acceptors (Lipinski definition) is 4. The highest BCUT2D eigenvalue weighted by Gasteiger charge is 2.39. The van der Waals surface area contributed by atoms with Crippen LogP contribution in [0.2, 0.25) is 0 Å². The third kappa shape index (κ3) is 2.82. The second-order valence-electron chi connectivity index (χ2n) is 5.23. The van der Waals surface area contributed by atoms with Crippen LogP contribution in [-0.4, -0.2) is 58.1 Å². The molecule has 1 N–H and O–H groups in total. The number of nitrogens with one attached hydrogen (secondary N) is 1. The normalized spacial score (nSPS) is 25.4. The van der Waals surface area contributed by atoms with Crippen molar-refractivity contribution < 1.29 is 14.3 Å². The smallest absolute Gasteiger partial charge is 0.246 e. The SMILES string of the molecule is O=C1CO[C@H]2CN(C(=O)CCCn3ccnc3)C[C@@H]2N1. The summed E-state index contributed by atoms with van der Waals surface area (Å²) in [6.45, 7) is 2.03. The molecule has 2 aliphatic heterocycles. The van der Waals surface area contributed by atoms with Crippen LogP contribution >= 0.6 is 0 Å². The van der Waals surface area contributed by atoms with Crippen molar-refractivity contribution in [3.63, 3.8) is 0 Å². The van der Waals surface area contributed by atoms with E-state index in [2.05, 4.69) is 10.3 Å². The number of carbonyl (C=O) groups is 2. The van der Waals surface area contributed by atoms with Gasteiger partial charge in [0.25, 0.3) is 0 Å². The second kappa shape index (κ2) is 5.62. The summed E-state index contributed by atoms with van der Waals surface area (Å²) in [5, 5.41) is 2.87. The average molecular weight is 278 g/mol. The van der Waals surface area contributed by atoms with Gasteiger partial charge in [-0.25, -0.2) is 4.98 Å². The van der Waals surface area contributed by atoms with Gasteiger partial charge >= 0.3 is 0 Å². The molecule has 0 unspecified atom stereocenters. The Morgan fingerprint density at radius 1 is 1.50 bits per heavy atom. The minimum absolute atomic E-state index is 0.0474. The Kier molecular flexibility index (Phi) is 3.68. The third-order valence-electron chi connectivity index (χ3n) is 3.76. The fraction of sp³-hybridized carbons (Fsp3) is 0.615. The van der Waals surface area contributed by atoms with Crippen molar-refractivity contribution in [2.75, 3.05) is 19.7 Å². The minimum atomic E-state index is -0.0966. The van der Waals surface area contributed by atoms with E-state index in [1.54, 1.807) is 17.4 Å². The van der Waals surface area contributed by atoms with Crippen molar-refractivity contribution in [2.45, 2.75) is 31.5 Å². The van der Waals surface area contributed by atoms with Crippen LogP contribution in [0.4, 0.5) is 0 Å². The van der Waals surface area contributed by atoms with E-state index in [-0.39, 0.29) is 30.6 Å².